The van der Waals surface area contributed by atoms with Gasteiger partial charge < -0.3 is 14.8 Å². The van der Waals surface area contributed by atoms with Gasteiger partial charge in [0.1, 0.15) is 0 Å². The Morgan fingerprint density at radius 2 is 1.62 bits per heavy atom. The average molecular weight is 393 g/mol. The smallest absolute Gasteiger partial charge is 0.221 e. The largest absolute Gasteiger partial charge is 0.493 e. The third kappa shape index (κ3) is 5.47. The first kappa shape index (κ1) is 20.6. The van der Waals surface area contributed by atoms with Crippen LogP contribution in [0.5, 0.6) is 11.5 Å². The zero-order chi connectivity index (χ0) is 20.8. The number of benzene rings is 2. The van der Waals surface area contributed by atoms with E-state index in [1.807, 2.05) is 42.5 Å². The molecule has 5 nitrogen and oxygen atoms in total. The Kier molecular flexibility index (Phi) is 6.70. The maximum atomic E-state index is 11.9. The van der Waals surface area contributed by atoms with Crippen molar-refractivity contribution in [2.45, 2.75) is 45.6 Å². The van der Waals surface area contributed by atoms with Crippen molar-refractivity contribution in [1.29, 1.82) is 0 Å². The van der Waals surface area contributed by atoms with E-state index in [0.29, 0.717) is 17.2 Å². The Morgan fingerprint density at radius 1 is 0.966 bits per heavy atom. The van der Waals surface area contributed by atoms with E-state index >= 15 is 0 Å². The fraction of sp³-hybridized carbons (Fsp3) is 0.333. The molecule has 0 bridgehead atoms. The molecule has 1 saturated carbocycles. The molecule has 0 heterocycles. The topological polar surface area (TPSA) is 64.6 Å². The van der Waals surface area contributed by atoms with Crippen molar-refractivity contribution in [1.82, 2.24) is 0 Å². The Balaban J connectivity index is 1.96. The van der Waals surface area contributed by atoms with E-state index in [9.17, 15) is 9.59 Å². The number of allylic oxidation sites excluding steroid dienone is 1. The summed E-state index contributed by atoms with van der Waals surface area (Å²) in [5, 5.41) is 2.75. The molecule has 3 rings (SSSR count). The zero-order valence-electron chi connectivity index (χ0n) is 17.2. The van der Waals surface area contributed by atoms with Gasteiger partial charge in [-0.1, -0.05) is 18.2 Å². The quantitative estimate of drug-likeness (QED) is 0.673. The normalized spacial score (nSPS) is 14.5. The number of ketones is 1. The van der Waals surface area contributed by atoms with Gasteiger partial charge in [-0.3, -0.25) is 9.59 Å². The Morgan fingerprint density at radius 3 is 2.21 bits per heavy atom. The SMILES string of the molecule is COc1ccc(/C(=C\C(C)=O)c2ccc(NC(C)=O)cc2)cc1OC1CCCC1. The Labute approximate surface area is 171 Å². The summed E-state index contributed by atoms with van der Waals surface area (Å²) in [6, 6.07) is 13.2. The molecule has 29 heavy (non-hydrogen) atoms. The Hall–Kier alpha value is -3.08. The van der Waals surface area contributed by atoms with Gasteiger partial charge in [0.2, 0.25) is 5.91 Å². The van der Waals surface area contributed by atoms with Gasteiger partial charge in [-0.25, -0.2) is 0 Å². The number of carbonyl (C=O) groups is 2. The van der Waals surface area contributed by atoms with Crippen LogP contribution in [0.1, 0.15) is 50.7 Å². The molecule has 0 aromatic heterocycles. The first-order chi connectivity index (χ1) is 14.0. The molecule has 1 amide bonds. The van der Waals surface area contributed by atoms with Gasteiger partial charge in [-0.15, -0.1) is 0 Å². The van der Waals surface area contributed by atoms with Gasteiger partial charge in [-0.2, -0.15) is 0 Å². The van der Waals surface area contributed by atoms with Crippen molar-refractivity contribution in [3.05, 3.63) is 59.7 Å². The van der Waals surface area contributed by atoms with E-state index in [-0.39, 0.29) is 17.8 Å². The second-order valence-electron chi connectivity index (χ2n) is 7.32. The third-order valence-corrected chi connectivity index (χ3v) is 4.93. The summed E-state index contributed by atoms with van der Waals surface area (Å²) in [5.41, 5.74) is 3.27. The van der Waals surface area contributed by atoms with Crippen LogP contribution in [-0.4, -0.2) is 24.9 Å². The van der Waals surface area contributed by atoms with E-state index in [1.54, 1.807) is 13.2 Å². The number of rotatable bonds is 7. The predicted octanol–water partition coefficient (Wildman–Crippen LogP) is 5.00. The molecule has 0 aliphatic heterocycles. The highest BCUT2D eigenvalue weighted by atomic mass is 16.5. The molecule has 0 radical (unpaired) electrons. The van der Waals surface area contributed by atoms with Gasteiger partial charge in [0.25, 0.3) is 0 Å². The molecule has 0 atom stereocenters. The predicted molar refractivity (Wildman–Crippen MR) is 114 cm³/mol. The minimum Gasteiger partial charge on any atom is -0.493 e. The van der Waals surface area contributed by atoms with Crippen LogP contribution in [-0.2, 0) is 9.59 Å². The summed E-state index contributed by atoms with van der Waals surface area (Å²) in [4.78, 5) is 23.2. The standard InChI is InChI=1S/C24H27NO4/c1-16(26)14-22(18-8-11-20(12-9-18)25-17(2)27)19-10-13-23(28-3)24(15-19)29-21-6-4-5-7-21/h8-15,21H,4-7H2,1-3H3,(H,25,27)/b22-14-. The molecule has 2 aromatic carbocycles. The lowest BCUT2D eigenvalue weighted by Crippen LogP contribution is -2.11. The summed E-state index contributed by atoms with van der Waals surface area (Å²) >= 11 is 0. The molecule has 1 aliphatic rings. The van der Waals surface area contributed by atoms with Crippen LogP contribution in [0.25, 0.3) is 5.57 Å². The highest BCUT2D eigenvalue weighted by molar-refractivity contribution is 5.99. The van der Waals surface area contributed by atoms with Gasteiger partial charge in [0.05, 0.1) is 13.2 Å². The summed E-state index contributed by atoms with van der Waals surface area (Å²) in [6.45, 7) is 3.00. The minimum atomic E-state index is -0.124. The molecule has 1 N–H and O–H groups in total. The first-order valence-electron chi connectivity index (χ1n) is 9.91. The third-order valence-electron chi connectivity index (χ3n) is 4.93. The number of nitrogens with one attached hydrogen (secondary N) is 1. The molecular weight excluding hydrogens is 366 g/mol. The van der Waals surface area contributed by atoms with Gasteiger partial charge in [0, 0.05) is 12.6 Å². The van der Waals surface area contributed by atoms with Crippen molar-refractivity contribution in [2.75, 3.05) is 12.4 Å². The maximum absolute atomic E-state index is 11.9. The Bertz CT molecular complexity index is 909. The lowest BCUT2D eigenvalue weighted by Gasteiger charge is -2.18. The first-order valence-corrected chi connectivity index (χ1v) is 9.91. The number of methoxy groups -OCH3 is 1. The van der Waals surface area contributed by atoms with Crippen molar-refractivity contribution in [3.8, 4) is 11.5 Å². The molecule has 0 unspecified atom stereocenters. The number of amides is 1. The van der Waals surface area contributed by atoms with Crippen molar-refractivity contribution < 1.29 is 19.1 Å². The number of ether oxygens (including phenoxy) is 2. The van der Waals surface area contributed by atoms with Crippen LogP contribution in [0.2, 0.25) is 0 Å². The minimum absolute atomic E-state index is 0.0417. The second kappa shape index (κ2) is 9.41. The maximum Gasteiger partial charge on any atom is 0.221 e. The summed E-state index contributed by atoms with van der Waals surface area (Å²) in [6.07, 6.45) is 6.29. The van der Waals surface area contributed by atoms with Crippen LogP contribution in [0.15, 0.2) is 48.5 Å². The molecular formula is C24H27NO4. The summed E-state index contributed by atoms with van der Waals surface area (Å²) in [7, 11) is 1.63. The van der Waals surface area contributed by atoms with Crippen LogP contribution in [0, 0.1) is 0 Å². The van der Waals surface area contributed by atoms with Crippen molar-refractivity contribution in [2.24, 2.45) is 0 Å². The molecule has 0 spiro atoms. The van der Waals surface area contributed by atoms with Crippen molar-refractivity contribution >= 4 is 23.0 Å². The summed E-state index contributed by atoms with van der Waals surface area (Å²) < 4.78 is 11.7. The van der Waals surface area contributed by atoms with E-state index in [0.717, 1.165) is 29.5 Å². The molecule has 0 saturated heterocycles. The van der Waals surface area contributed by atoms with Crippen LogP contribution < -0.4 is 14.8 Å². The van der Waals surface area contributed by atoms with E-state index in [2.05, 4.69) is 5.32 Å². The fourth-order valence-electron chi connectivity index (χ4n) is 3.60. The number of anilines is 1. The van der Waals surface area contributed by atoms with Crippen LogP contribution in [0.3, 0.4) is 0 Å². The average Bonchev–Trinajstić information content (AvgIpc) is 3.19. The van der Waals surface area contributed by atoms with Crippen LogP contribution in [0.4, 0.5) is 5.69 Å². The van der Waals surface area contributed by atoms with Gasteiger partial charge >= 0.3 is 0 Å². The zero-order valence-corrected chi connectivity index (χ0v) is 17.2. The molecule has 5 heteroatoms. The fourth-order valence-corrected chi connectivity index (χ4v) is 3.60. The number of carbonyl (C=O) groups excluding carboxylic acids is 2. The van der Waals surface area contributed by atoms with E-state index in [1.165, 1.54) is 26.7 Å². The van der Waals surface area contributed by atoms with Gasteiger partial charge in [-0.05, 0) is 79.6 Å². The molecule has 1 aliphatic carbocycles. The highest BCUT2D eigenvalue weighted by Crippen LogP contribution is 2.36. The number of hydrogen-bond acceptors (Lipinski definition) is 4. The molecule has 152 valence electrons. The lowest BCUT2D eigenvalue weighted by atomic mass is 9.96. The van der Waals surface area contributed by atoms with Gasteiger partial charge in [0.15, 0.2) is 17.3 Å². The van der Waals surface area contributed by atoms with E-state index < -0.39 is 0 Å². The summed E-state index contributed by atoms with van der Waals surface area (Å²) in [5.74, 6) is 1.21. The van der Waals surface area contributed by atoms with E-state index in [4.69, 9.17) is 9.47 Å². The number of hydrogen-bond donors (Lipinski definition) is 1. The monoisotopic (exact) mass is 393 g/mol. The lowest BCUT2D eigenvalue weighted by molar-refractivity contribution is -0.114. The second-order valence-corrected chi connectivity index (χ2v) is 7.32. The van der Waals surface area contributed by atoms with Crippen molar-refractivity contribution in [3.63, 3.8) is 0 Å². The highest BCUT2D eigenvalue weighted by Gasteiger charge is 2.19. The molecule has 2 aromatic rings. The molecule has 1 fully saturated rings. The van der Waals surface area contributed by atoms with Crippen LogP contribution >= 0.6 is 0 Å².